The molecule has 0 saturated carbocycles. The minimum Gasteiger partial charge on any atom is -0.271 e. The van der Waals surface area contributed by atoms with Crippen LogP contribution in [0.3, 0.4) is 0 Å². The predicted molar refractivity (Wildman–Crippen MR) is 70.7 cm³/mol. The average molecular weight is 298 g/mol. The Morgan fingerprint density at radius 1 is 1.31 bits per heavy atom. The quantitative estimate of drug-likeness (QED) is 0.816. The molecule has 1 aromatic heterocycles. The molecule has 5 heteroatoms. The van der Waals surface area contributed by atoms with Crippen LogP contribution >= 0.6 is 28.1 Å². The van der Waals surface area contributed by atoms with Gasteiger partial charge in [-0.25, -0.2) is 0 Å². The molecule has 0 bridgehead atoms. The molecule has 0 saturated heterocycles. The van der Waals surface area contributed by atoms with Crippen molar-refractivity contribution in [1.82, 2.24) is 14.8 Å². The minimum absolute atomic E-state index is 0.616. The Labute approximate surface area is 108 Å². The summed E-state index contributed by atoms with van der Waals surface area (Å²) < 4.78 is 3.59. The molecule has 0 aliphatic heterocycles. The third kappa shape index (κ3) is 1.85. The van der Waals surface area contributed by atoms with Gasteiger partial charge in [-0.15, -0.1) is 0 Å². The van der Waals surface area contributed by atoms with Gasteiger partial charge in [-0.2, -0.15) is 5.10 Å². The summed E-state index contributed by atoms with van der Waals surface area (Å²) in [6, 6.07) is 4.21. The van der Waals surface area contributed by atoms with E-state index in [9.17, 15) is 0 Å². The van der Waals surface area contributed by atoms with E-state index in [0.29, 0.717) is 4.77 Å². The molecule has 84 valence electrons. The Kier molecular flexibility index (Phi) is 2.99. The molecule has 1 aromatic carbocycles. The van der Waals surface area contributed by atoms with Crippen LogP contribution in [-0.4, -0.2) is 14.8 Å². The standard InChI is InChI=1S/C11H12BrN3S/c1-6-4-7(2)10(9(12)5-6)15-8(3)13-14-11(15)16/h4-5H,1-3H3,(H,14,16). The first-order chi connectivity index (χ1) is 7.50. The van der Waals surface area contributed by atoms with Crippen molar-refractivity contribution >= 4 is 28.1 Å². The minimum atomic E-state index is 0.616. The molecule has 0 radical (unpaired) electrons. The normalized spacial score (nSPS) is 10.8. The Balaban J connectivity index is 2.79. The number of benzene rings is 1. The molecular weight excluding hydrogens is 286 g/mol. The zero-order valence-corrected chi connectivity index (χ0v) is 11.7. The van der Waals surface area contributed by atoms with E-state index >= 15 is 0 Å². The van der Waals surface area contributed by atoms with Crippen molar-refractivity contribution in [2.45, 2.75) is 20.8 Å². The lowest BCUT2D eigenvalue weighted by Gasteiger charge is -2.11. The fraction of sp³-hybridized carbons (Fsp3) is 0.273. The summed E-state index contributed by atoms with van der Waals surface area (Å²) in [5.74, 6) is 0.859. The highest BCUT2D eigenvalue weighted by Gasteiger charge is 2.11. The molecule has 2 aromatic rings. The number of aromatic amines is 1. The molecule has 16 heavy (non-hydrogen) atoms. The highest BCUT2D eigenvalue weighted by molar-refractivity contribution is 9.10. The Bertz CT molecular complexity index is 575. The smallest absolute Gasteiger partial charge is 0.199 e. The largest absolute Gasteiger partial charge is 0.271 e. The van der Waals surface area contributed by atoms with Crippen LogP contribution in [0.2, 0.25) is 0 Å². The maximum Gasteiger partial charge on any atom is 0.199 e. The molecule has 0 unspecified atom stereocenters. The van der Waals surface area contributed by atoms with Gasteiger partial charge in [0, 0.05) is 4.47 Å². The molecule has 0 spiro atoms. The Hall–Kier alpha value is -0.940. The molecule has 1 heterocycles. The van der Waals surface area contributed by atoms with Crippen molar-refractivity contribution in [3.05, 3.63) is 38.3 Å². The van der Waals surface area contributed by atoms with Gasteiger partial charge in [0.15, 0.2) is 4.77 Å². The van der Waals surface area contributed by atoms with Crippen molar-refractivity contribution in [2.75, 3.05) is 0 Å². The van der Waals surface area contributed by atoms with Crippen LogP contribution in [0, 0.1) is 25.5 Å². The number of nitrogens with one attached hydrogen (secondary N) is 1. The van der Waals surface area contributed by atoms with E-state index in [1.165, 1.54) is 11.1 Å². The van der Waals surface area contributed by atoms with Crippen LogP contribution in [-0.2, 0) is 0 Å². The summed E-state index contributed by atoms with van der Waals surface area (Å²) >= 11 is 8.81. The zero-order valence-electron chi connectivity index (χ0n) is 9.34. The number of hydrogen-bond donors (Lipinski definition) is 1. The summed E-state index contributed by atoms with van der Waals surface area (Å²) in [5, 5.41) is 6.92. The molecule has 0 aliphatic rings. The summed E-state index contributed by atoms with van der Waals surface area (Å²) in [6.07, 6.45) is 0. The highest BCUT2D eigenvalue weighted by Crippen LogP contribution is 2.27. The van der Waals surface area contributed by atoms with Crippen molar-refractivity contribution in [1.29, 1.82) is 0 Å². The highest BCUT2D eigenvalue weighted by atomic mass is 79.9. The number of H-pyrrole nitrogens is 1. The fourth-order valence-corrected chi connectivity index (χ4v) is 2.95. The van der Waals surface area contributed by atoms with Gasteiger partial charge in [0.25, 0.3) is 0 Å². The first-order valence-electron chi connectivity index (χ1n) is 4.92. The molecule has 0 aliphatic carbocycles. The predicted octanol–water partition coefficient (Wildman–Crippen LogP) is 3.62. The van der Waals surface area contributed by atoms with Crippen LogP contribution in [0.4, 0.5) is 0 Å². The molecule has 0 fully saturated rings. The molecule has 2 rings (SSSR count). The van der Waals surface area contributed by atoms with Gasteiger partial charge >= 0.3 is 0 Å². The summed E-state index contributed by atoms with van der Waals surface area (Å²) in [4.78, 5) is 0. The lowest BCUT2D eigenvalue weighted by molar-refractivity contribution is 0.947. The number of aryl methyl sites for hydroxylation is 3. The van der Waals surface area contributed by atoms with Crippen LogP contribution in [0.25, 0.3) is 5.69 Å². The first-order valence-corrected chi connectivity index (χ1v) is 6.12. The molecule has 1 N–H and O–H groups in total. The van der Waals surface area contributed by atoms with Gasteiger partial charge < -0.3 is 0 Å². The van der Waals surface area contributed by atoms with E-state index < -0.39 is 0 Å². The second-order valence-electron chi connectivity index (χ2n) is 3.82. The van der Waals surface area contributed by atoms with Gasteiger partial charge in [-0.3, -0.25) is 9.67 Å². The topological polar surface area (TPSA) is 33.6 Å². The van der Waals surface area contributed by atoms with Crippen LogP contribution < -0.4 is 0 Å². The SMILES string of the molecule is Cc1cc(C)c(-n2c(C)n[nH]c2=S)c(Br)c1. The fourth-order valence-electron chi connectivity index (χ4n) is 1.83. The molecule has 0 atom stereocenters. The number of hydrogen-bond acceptors (Lipinski definition) is 2. The van der Waals surface area contributed by atoms with Crippen LogP contribution in [0.5, 0.6) is 0 Å². The third-order valence-corrected chi connectivity index (χ3v) is 3.34. The van der Waals surface area contributed by atoms with Crippen molar-refractivity contribution < 1.29 is 0 Å². The maximum absolute atomic E-state index is 5.23. The lowest BCUT2D eigenvalue weighted by Crippen LogP contribution is -2.01. The average Bonchev–Trinajstić information content (AvgIpc) is 2.47. The van der Waals surface area contributed by atoms with Crippen LogP contribution in [0.15, 0.2) is 16.6 Å². The Morgan fingerprint density at radius 2 is 2.00 bits per heavy atom. The first kappa shape index (κ1) is 11.5. The van der Waals surface area contributed by atoms with Gasteiger partial charge in [0.1, 0.15) is 5.82 Å². The molecule has 3 nitrogen and oxygen atoms in total. The Morgan fingerprint density at radius 3 is 2.50 bits per heavy atom. The van der Waals surface area contributed by atoms with Gasteiger partial charge in [-0.05, 0) is 66.1 Å². The second-order valence-corrected chi connectivity index (χ2v) is 5.06. The lowest BCUT2D eigenvalue weighted by atomic mass is 10.1. The number of halogens is 1. The van der Waals surface area contributed by atoms with E-state index in [4.69, 9.17) is 12.2 Å². The molecular formula is C11H12BrN3S. The number of rotatable bonds is 1. The third-order valence-electron chi connectivity index (χ3n) is 2.46. The number of nitrogens with zero attached hydrogens (tertiary/aromatic N) is 2. The maximum atomic E-state index is 5.23. The second kappa shape index (κ2) is 4.14. The van der Waals surface area contributed by atoms with Crippen molar-refractivity contribution in [3.8, 4) is 5.69 Å². The van der Waals surface area contributed by atoms with Gasteiger partial charge in [0.05, 0.1) is 5.69 Å². The van der Waals surface area contributed by atoms with E-state index in [0.717, 1.165) is 16.0 Å². The van der Waals surface area contributed by atoms with Crippen molar-refractivity contribution in [3.63, 3.8) is 0 Å². The van der Waals surface area contributed by atoms with Crippen molar-refractivity contribution in [2.24, 2.45) is 0 Å². The van der Waals surface area contributed by atoms with Gasteiger partial charge in [0.2, 0.25) is 0 Å². The summed E-state index contributed by atoms with van der Waals surface area (Å²) in [5.41, 5.74) is 3.45. The zero-order chi connectivity index (χ0) is 11.9. The molecule has 0 amide bonds. The van der Waals surface area contributed by atoms with E-state index in [-0.39, 0.29) is 0 Å². The monoisotopic (exact) mass is 297 g/mol. The summed E-state index contributed by atoms with van der Waals surface area (Å²) in [7, 11) is 0. The number of aromatic nitrogens is 3. The van der Waals surface area contributed by atoms with Crippen LogP contribution in [0.1, 0.15) is 17.0 Å². The van der Waals surface area contributed by atoms with E-state index in [1.807, 2.05) is 11.5 Å². The summed E-state index contributed by atoms with van der Waals surface area (Å²) in [6.45, 7) is 6.07. The van der Waals surface area contributed by atoms with E-state index in [2.05, 4.69) is 52.1 Å². The van der Waals surface area contributed by atoms with E-state index in [1.54, 1.807) is 0 Å². The van der Waals surface area contributed by atoms with Gasteiger partial charge in [-0.1, -0.05) is 6.07 Å².